The van der Waals surface area contributed by atoms with Crippen LogP contribution in [0.15, 0.2) is 35.3 Å². The minimum atomic E-state index is -0.600. The van der Waals surface area contributed by atoms with Crippen LogP contribution in [0, 0.1) is 0 Å². The number of likely N-dealkylation sites (tertiary alicyclic amines) is 1. The van der Waals surface area contributed by atoms with Crippen LogP contribution in [0.1, 0.15) is 18.4 Å². The van der Waals surface area contributed by atoms with Crippen molar-refractivity contribution in [1.82, 2.24) is 10.2 Å². The lowest BCUT2D eigenvalue weighted by atomic mass is 9.88. The van der Waals surface area contributed by atoms with Gasteiger partial charge in [0.15, 0.2) is 5.96 Å². The number of carbonyl (C=O) groups excluding carboxylic acids is 1. The Bertz CT molecular complexity index is 503. The van der Waals surface area contributed by atoms with E-state index in [9.17, 15) is 4.79 Å². The average Bonchev–Trinajstić information content (AvgIpc) is 2.68. The Morgan fingerprint density at radius 1 is 1.26 bits per heavy atom. The molecule has 1 saturated heterocycles. The van der Waals surface area contributed by atoms with Crippen molar-refractivity contribution in [3.8, 4) is 0 Å². The normalized spacial score (nSPS) is 22.3. The Balaban J connectivity index is 1.63. The first-order valence-electron chi connectivity index (χ1n) is 6.61. The van der Waals surface area contributed by atoms with Gasteiger partial charge in [0, 0.05) is 19.6 Å². The SMILES string of the molecule is NC1=NC2(CCN(Cc3ccccc3)CC2)C(=O)N1. The van der Waals surface area contributed by atoms with Crippen LogP contribution in [0.5, 0.6) is 0 Å². The first-order valence-corrected chi connectivity index (χ1v) is 6.61. The second-order valence-corrected chi connectivity index (χ2v) is 5.24. The molecule has 0 saturated carbocycles. The molecule has 1 fully saturated rings. The van der Waals surface area contributed by atoms with E-state index in [1.165, 1.54) is 5.56 Å². The molecule has 5 nitrogen and oxygen atoms in total. The summed E-state index contributed by atoms with van der Waals surface area (Å²) < 4.78 is 0. The van der Waals surface area contributed by atoms with Crippen LogP contribution in [-0.4, -0.2) is 35.4 Å². The zero-order valence-electron chi connectivity index (χ0n) is 10.8. The molecule has 0 unspecified atom stereocenters. The first kappa shape index (κ1) is 12.2. The smallest absolute Gasteiger partial charge is 0.254 e. The Morgan fingerprint density at radius 2 is 1.95 bits per heavy atom. The van der Waals surface area contributed by atoms with E-state index in [0.29, 0.717) is 0 Å². The van der Waals surface area contributed by atoms with Crippen LogP contribution in [0.3, 0.4) is 0 Å². The number of nitrogens with two attached hydrogens (primary N) is 1. The number of rotatable bonds is 2. The molecule has 3 N–H and O–H groups in total. The molecule has 0 atom stereocenters. The number of piperidine rings is 1. The Labute approximate surface area is 112 Å². The second-order valence-electron chi connectivity index (χ2n) is 5.24. The van der Waals surface area contributed by atoms with E-state index >= 15 is 0 Å². The maximum Gasteiger partial charge on any atom is 0.254 e. The van der Waals surface area contributed by atoms with Crippen molar-refractivity contribution in [3.63, 3.8) is 0 Å². The Kier molecular flexibility index (Phi) is 2.98. The molecule has 1 aromatic carbocycles. The van der Waals surface area contributed by atoms with Crippen LogP contribution in [0.4, 0.5) is 0 Å². The molecule has 2 heterocycles. The summed E-state index contributed by atoms with van der Waals surface area (Å²) in [7, 11) is 0. The lowest BCUT2D eigenvalue weighted by Crippen LogP contribution is -2.48. The number of nitrogens with one attached hydrogen (secondary N) is 1. The zero-order valence-corrected chi connectivity index (χ0v) is 10.8. The van der Waals surface area contributed by atoms with Gasteiger partial charge in [-0.15, -0.1) is 0 Å². The highest BCUT2D eigenvalue weighted by Crippen LogP contribution is 2.29. The summed E-state index contributed by atoms with van der Waals surface area (Å²) in [5, 5.41) is 2.61. The predicted octanol–water partition coefficient (Wildman–Crippen LogP) is 0.466. The maximum atomic E-state index is 11.9. The highest BCUT2D eigenvalue weighted by atomic mass is 16.2. The van der Waals surface area contributed by atoms with Gasteiger partial charge in [-0.3, -0.25) is 15.0 Å². The molecule has 0 aromatic heterocycles. The number of nitrogens with zero attached hydrogens (tertiary/aromatic N) is 2. The van der Waals surface area contributed by atoms with Crippen LogP contribution in [0.2, 0.25) is 0 Å². The van der Waals surface area contributed by atoms with Crippen LogP contribution >= 0.6 is 0 Å². The maximum absolute atomic E-state index is 11.9. The summed E-state index contributed by atoms with van der Waals surface area (Å²) in [6.07, 6.45) is 1.48. The largest absolute Gasteiger partial charge is 0.370 e. The first-order chi connectivity index (χ1) is 9.18. The van der Waals surface area contributed by atoms with Gasteiger partial charge in [0.1, 0.15) is 5.54 Å². The minimum Gasteiger partial charge on any atom is -0.370 e. The van der Waals surface area contributed by atoms with Gasteiger partial charge in [-0.25, -0.2) is 4.99 Å². The van der Waals surface area contributed by atoms with Gasteiger partial charge < -0.3 is 5.73 Å². The van der Waals surface area contributed by atoms with E-state index in [2.05, 4.69) is 39.5 Å². The van der Waals surface area contributed by atoms with Crippen molar-refractivity contribution in [2.75, 3.05) is 13.1 Å². The van der Waals surface area contributed by atoms with Crippen molar-refractivity contribution in [1.29, 1.82) is 0 Å². The van der Waals surface area contributed by atoms with Crippen LogP contribution < -0.4 is 11.1 Å². The number of hydrogen-bond acceptors (Lipinski definition) is 4. The fourth-order valence-corrected chi connectivity index (χ4v) is 2.80. The average molecular weight is 258 g/mol. The molecule has 100 valence electrons. The number of aliphatic imine (C=N–C) groups is 1. The molecule has 0 bridgehead atoms. The molecule has 1 spiro atoms. The molecule has 3 rings (SSSR count). The van der Waals surface area contributed by atoms with Crippen molar-refractivity contribution in [3.05, 3.63) is 35.9 Å². The van der Waals surface area contributed by atoms with Gasteiger partial charge in [0.05, 0.1) is 0 Å². The van der Waals surface area contributed by atoms with E-state index in [0.717, 1.165) is 32.5 Å². The van der Waals surface area contributed by atoms with E-state index in [1.807, 2.05) is 6.07 Å². The third-order valence-corrected chi connectivity index (χ3v) is 3.93. The lowest BCUT2D eigenvalue weighted by molar-refractivity contribution is -0.125. The van der Waals surface area contributed by atoms with Crippen molar-refractivity contribution >= 4 is 11.9 Å². The minimum absolute atomic E-state index is 0.0376. The molecule has 0 radical (unpaired) electrons. The van der Waals surface area contributed by atoms with Crippen molar-refractivity contribution in [2.45, 2.75) is 24.9 Å². The van der Waals surface area contributed by atoms with E-state index in [4.69, 9.17) is 5.73 Å². The van der Waals surface area contributed by atoms with E-state index in [1.54, 1.807) is 0 Å². The van der Waals surface area contributed by atoms with Gasteiger partial charge >= 0.3 is 0 Å². The molecule has 1 aromatic rings. The third kappa shape index (κ3) is 2.33. The molecule has 2 aliphatic heterocycles. The van der Waals surface area contributed by atoms with E-state index < -0.39 is 5.54 Å². The number of amides is 1. The summed E-state index contributed by atoms with van der Waals surface area (Å²) in [5.41, 5.74) is 6.30. The number of guanidine groups is 1. The van der Waals surface area contributed by atoms with Crippen molar-refractivity contribution in [2.24, 2.45) is 10.7 Å². The summed E-state index contributed by atoms with van der Waals surface area (Å²) >= 11 is 0. The molecular formula is C14H18N4O. The summed E-state index contributed by atoms with van der Waals surface area (Å²) in [4.78, 5) is 18.6. The third-order valence-electron chi connectivity index (χ3n) is 3.93. The standard InChI is InChI=1S/C14H18N4O/c15-13-16-12(19)14(17-13)6-8-18(9-7-14)10-11-4-2-1-3-5-11/h1-5H,6-10H2,(H3,15,16,17,19). The highest BCUT2D eigenvalue weighted by molar-refractivity contribution is 6.06. The topological polar surface area (TPSA) is 70.7 Å². The molecule has 2 aliphatic rings. The summed E-state index contributed by atoms with van der Waals surface area (Å²) in [5.74, 6) is 0.228. The molecule has 19 heavy (non-hydrogen) atoms. The Hall–Kier alpha value is -1.88. The van der Waals surface area contributed by atoms with Gasteiger partial charge in [-0.1, -0.05) is 30.3 Å². The number of carbonyl (C=O) groups is 1. The van der Waals surface area contributed by atoms with Crippen molar-refractivity contribution < 1.29 is 4.79 Å². The van der Waals surface area contributed by atoms with E-state index in [-0.39, 0.29) is 11.9 Å². The molecular weight excluding hydrogens is 240 g/mol. The number of benzene rings is 1. The highest BCUT2D eigenvalue weighted by Gasteiger charge is 2.45. The Morgan fingerprint density at radius 3 is 2.53 bits per heavy atom. The second kappa shape index (κ2) is 4.66. The van der Waals surface area contributed by atoms with Gasteiger partial charge in [0.25, 0.3) is 5.91 Å². The molecule has 5 heteroatoms. The molecule has 1 amide bonds. The van der Waals surface area contributed by atoms with Crippen LogP contribution in [0.25, 0.3) is 0 Å². The van der Waals surface area contributed by atoms with Crippen LogP contribution in [-0.2, 0) is 11.3 Å². The zero-order chi connectivity index (χ0) is 13.3. The van der Waals surface area contributed by atoms with Gasteiger partial charge in [-0.05, 0) is 18.4 Å². The summed E-state index contributed by atoms with van der Waals surface area (Å²) in [6.45, 7) is 2.68. The van der Waals surface area contributed by atoms with Gasteiger partial charge in [-0.2, -0.15) is 0 Å². The molecule has 0 aliphatic carbocycles. The lowest BCUT2D eigenvalue weighted by Gasteiger charge is -2.35. The van der Waals surface area contributed by atoms with Gasteiger partial charge in [0.2, 0.25) is 0 Å². The predicted molar refractivity (Wildman–Crippen MR) is 73.4 cm³/mol. The fraction of sp³-hybridized carbons (Fsp3) is 0.429. The fourth-order valence-electron chi connectivity index (χ4n) is 2.80. The monoisotopic (exact) mass is 258 g/mol. The summed E-state index contributed by atoms with van der Waals surface area (Å²) in [6, 6.07) is 10.4. The number of hydrogen-bond donors (Lipinski definition) is 2. The quantitative estimate of drug-likeness (QED) is 0.810.